The maximum absolute atomic E-state index is 14.7. The number of aliphatic hydroxyl groups excluding tert-OH is 1. The minimum atomic E-state index is -0.821. The van der Waals surface area contributed by atoms with Crippen LogP contribution in [0.1, 0.15) is 49.9 Å². The number of benzene rings is 1. The summed E-state index contributed by atoms with van der Waals surface area (Å²) in [6.07, 6.45) is 1.68. The highest BCUT2D eigenvalue weighted by Crippen LogP contribution is 2.36. The summed E-state index contributed by atoms with van der Waals surface area (Å²) in [6.45, 7) is 11.2. The van der Waals surface area contributed by atoms with Crippen molar-refractivity contribution in [3.05, 3.63) is 63.0 Å². The Bertz CT molecular complexity index is 1370. The fraction of sp³-hybridized carbons (Fsp3) is 0.517. The van der Waals surface area contributed by atoms with Gasteiger partial charge < -0.3 is 25.0 Å². The van der Waals surface area contributed by atoms with Crippen LogP contribution in [-0.4, -0.2) is 99.6 Å². The quantitative estimate of drug-likeness (QED) is 0.482. The first-order valence-corrected chi connectivity index (χ1v) is 14.8. The maximum Gasteiger partial charge on any atom is 0.338 e. The minimum Gasteiger partial charge on any atom is -0.463 e. The number of carbonyl (C=O) groups excluding carboxylic acids is 2. The van der Waals surface area contributed by atoms with Crippen molar-refractivity contribution in [1.82, 2.24) is 25.0 Å². The number of ether oxygens (including phenoxy) is 1. The fourth-order valence-corrected chi connectivity index (χ4v) is 6.45. The Morgan fingerprint density at radius 2 is 2.07 bits per heavy atom. The molecule has 2 amide bonds. The zero-order valence-electron chi connectivity index (χ0n) is 24.1. The van der Waals surface area contributed by atoms with E-state index in [2.05, 4.69) is 15.2 Å². The molecule has 10 nitrogen and oxygen atoms in total. The number of halogens is 1. The molecule has 3 aliphatic rings. The number of esters is 1. The molecule has 12 heteroatoms. The number of amidine groups is 1. The summed E-state index contributed by atoms with van der Waals surface area (Å²) < 4.78 is 20.2. The lowest BCUT2D eigenvalue weighted by atomic mass is 9.91. The van der Waals surface area contributed by atoms with Crippen molar-refractivity contribution in [1.29, 1.82) is 0 Å². The lowest BCUT2D eigenvalue weighted by Gasteiger charge is -2.43. The molecule has 3 aliphatic heterocycles. The van der Waals surface area contributed by atoms with Crippen molar-refractivity contribution >= 4 is 29.2 Å². The summed E-state index contributed by atoms with van der Waals surface area (Å²) in [5.74, 6) is -0.451. The van der Waals surface area contributed by atoms with Gasteiger partial charge in [-0.2, -0.15) is 0 Å². The summed E-state index contributed by atoms with van der Waals surface area (Å²) in [7, 11) is 0. The Morgan fingerprint density at radius 1 is 1.29 bits per heavy atom. The van der Waals surface area contributed by atoms with Gasteiger partial charge in [0.1, 0.15) is 11.9 Å². The number of rotatable bonds is 7. The molecule has 1 aromatic heterocycles. The number of carbonyl (C=O) groups is 2. The van der Waals surface area contributed by atoms with Crippen LogP contribution in [0.25, 0.3) is 0 Å². The number of nitrogens with one attached hydrogen (secondary N) is 1. The van der Waals surface area contributed by atoms with E-state index < -0.39 is 12.0 Å². The first kappa shape index (κ1) is 29.2. The first-order chi connectivity index (χ1) is 19.5. The van der Waals surface area contributed by atoms with Crippen LogP contribution in [0.3, 0.4) is 0 Å². The van der Waals surface area contributed by atoms with Gasteiger partial charge in [-0.15, -0.1) is 11.3 Å². The smallest absolute Gasteiger partial charge is 0.338 e. The van der Waals surface area contributed by atoms with Gasteiger partial charge in [-0.1, -0.05) is 12.1 Å². The molecular weight excluding hydrogens is 547 g/mol. The Labute approximate surface area is 243 Å². The molecule has 0 aliphatic carbocycles. The molecule has 2 fully saturated rings. The molecular formula is C29H37FN6O4S. The zero-order valence-corrected chi connectivity index (χ0v) is 24.9. The number of hydrogen-bond donors (Lipinski definition) is 2. The molecule has 4 heterocycles. The Kier molecular flexibility index (Phi) is 8.18. The van der Waals surface area contributed by atoms with Gasteiger partial charge in [0.15, 0.2) is 10.8 Å². The number of amides is 2. The number of hydrogen-bond acceptors (Lipinski definition) is 9. The second-order valence-corrected chi connectivity index (χ2v) is 12.3. The Hall–Kier alpha value is -3.35. The van der Waals surface area contributed by atoms with E-state index >= 15 is 0 Å². The number of nitrogens with zero attached hydrogens (tertiary/aromatic N) is 5. The van der Waals surface area contributed by atoms with E-state index in [1.54, 1.807) is 32.2 Å². The van der Waals surface area contributed by atoms with Crippen molar-refractivity contribution < 1.29 is 23.8 Å². The molecule has 1 aromatic carbocycles. The van der Waals surface area contributed by atoms with E-state index in [0.717, 1.165) is 0 Å². The average Bonchev–Trinajstić information content (AvgIpc) is 3.58. The van der Waals surface area contributed by atoms with Crippen LogP contribution in [-0.2, 0) is 9.53 Å². The van der Waals surface area contributed by atoms with Gasteiger partial charge in [0.05, 0.1) is 30.9 Å². The topological polar surface area (TPSA) is 111 Å². The van der Waals surface area contributed by atoms with Crippen LogP contribution in [0, 0.1) is 12.7 Å². The third-order valence-corrected chi connectivity index (χ3v) is 8.79. The number of aliphatic imine (C=N–C) groups is 1. The van der Waals surface area contributed by atoms with Crippen molar-refractivity contribution in [3.8, 4) is 0 Å². The third kappa shape index (κ3) is 5.47. The maximum atomic E-state index is 14.7. The summed E-state index contributed by atoms with van der Waals surface area (Å²) in [4.78, 5) is 41.8. The normalized spacial score (nSPS) is 23.4. The molecule has 0 unspecified atom stereocenters. The zero-order chi connectivity index (χ0) is 29.5. The Balaban J connectivity index is 1.56. The molecule has 5 rings (SSSR count). The first-order valence-electron chi connectivity index (χ1n) is 13.9. The second-order valence-electron chi connectivity index (χ2n) is 11.5. The van der Waals surface area contributed by atoms with E-state index in [0.29, 0.717) is 52.9 Å². The number of thiazole rings is 1. The molecule has 0 bridgehead atoms. The largest absolute Gasteiger partial charge is 0.463 e. The van der Waals surface area contributed by atoms with Gasteiger partial charge in [-0.25, -0.2) is 19.0 Å². The molecule has 2 N–H and O–H groups in total. The van der Waals surface area contributed by atoms with Crippen LogP contribution in [0.5, 0.6) is 0 Å². The van der Waals surface area contributed by atoms with E-state index in [4.69, 9.17) is 9.73 Å². The number of aromatic nitrogens is 1. The van der Waals surface area contributed by atoms with Gasteiger partial charge in [0, 0.05) is 49.0 Å². The SMILES string of the molecule is CCOC(=O)C1=C(CN2CCN3C(=O)N(C(C)(C)C)C[C@H]3[C@@H]2CO)NC(c2nccs2)=N[C@H]1c1cccc(F)c1C. The third-order valence-electron chi connectivity index (χ3n) is 8.01. The highest BCUT2D eigenvalue weighted by atomic mass is 32.1. The monoisotopic (exact) mass is 584 g/mol. The molecule has 220 valence electrons. The number of urea groups is 1. The fourth-order valence-electron chi connectivity index (χ4n) is 5.86. The van der Waals surface area contributed by atoms with Crippen LogP contribution in [0.15, 0.2) is 46.0 Å². The second kappa shape index (κ2) is 11.5. The molecule has 41 heavy (non-hydrogen) atoms. The van der Waals surface area contributed by atoms with Crippen molar-refractivity contribution in [2.45, 2.75) is 58.3 Å². The van der Waals surface area contributed by atoms with E-state index in [9.17, 15) is 19.1 Å². The number of aliphatic hydroxyl groups is 1. The lowest BCUT2D eigenvalue weighted by molar-refractivity contribution is -0.139. The molecule has 2 saturated heterocycles. The lowest BCUT2D eigenvalue weighted by Crippen LogP contribution is -2.61. The summed E-state index contributed by atoms with van der Waals surface area (Å²) in [6, 6.07) is 3.36. The predicted octanol–water partition coefficient (Wildman–Crippen LogP) is 3.08. The predicted molar refractivity (Wildman–Crippen MR) is 154 cm³/mol. The highest BCUT2D eigenvalue weighted by Gasteiger charge is 2.49. The number of piperazine rings is 1. The Morgan fingerprint density at radius 3 is 2.73 bits per heavy atom. The van der Waals surface area contributed by atoms with Crippen LogP contribution in [0.4, 0.5) is 9.18 Å². The average molecular weight is 585 g/mol. The van der Waals surface area contributed by atoms with Crippen molar-refractivity contribution in [2.75, 3.05) is 39.4 Å². The summed E-state index contributed by atoms with van der Waals surface area (Å²) in [5.41, 5.74) is 1.46. The van der Waals surface area contributed by atoms with Crippen molar-refractivity contribution in [2.24, 2.45) is 4.99 Å². The standard InChI is InChI=1S/C29H37FN6O4S/c1-6-40-27(38)23-20(14-34-11-12-35-21(22(34)16-37)15-36(28(35)39)29(3,4)5)32-25(26-31-10-13-41-26)33-24(23)18-8-7-9-19(30)17(18)2/h7-10,13,21-22,24,37H,6,11-12,14-16H2,1-5H3,(H,32,33)/t21-,22-,24-/m0/s1. The van der Waals surface area contributed by atoms with Crippen molar-refractivity contribution in [3.63, 3.8) is 0 Å². The van der Waals surface area contributed by atoms with Crippen LogP contribution >= 0.6 is 11.3 Å². The number of fused-ring (bicyclic) bond motifs is 1. The van der Waals surface area contributed by atoms with Crippen LogP contribution < -0.4 is 5.32 Å². The van der Waals surface area contributed by atoms with E-state index in [1.165, 1.54) is 17.4 Å². The van der Waals surface area contributed by atoms with E-state index in [1.807, 2.05) is 36.0 Å². The van der Waals surface area contributed by atoms with Gasteiger partial charge in [-0.3, -0.25) is 9.89 Å². The van der Waals surface area contributed by atoms with Gasteiger partial charge in [0.25, 0.3) is 0 Å². The van der Waals surface area contributed by atoms with E-state index in [-0.39, 0.29) is 49.2 Å². The molecule has 3 atom stereocenters. The molecule has 0 saturated carbocycles. The van der Waals surface area contributed by atoms with Gasteiger partial charge in [-0.05, 0) is 51.8 Å². The summed E-state index contributed by atoms with van der Waals surface area (Å²) in [5, 5.41) is 16.4. The highest BCUT2D eigenvalue weighted by molar-refractivity contribution is 7.11. The molecule has 2 aromatic rings. The summed E-state index contributed by atoms with van der Waals surface area (Å²) >= 11 is 1.40. The van der Waals surface area contributed by atoms with Gasteiger partial charge in [0.2, 0.25) is 0 Å². The molecule has 0 spiro atoms. The van der Waals surface area contributed by atoms with Gasteiger partial charge >= 0.3 is 12.0 Å². The van der Waals surface area contributed by atoms with Crippen LogP contribution in [0.2, 0.25) is 0 Å². The minimum absolute atomic E-state index is 0.0253. The molecule has 0 radical (unpaired) electrons.